The van der Waals surface area contributed by atoms with E-state index >= 15 is 0 Å². The third kappa shape index (κ3) is 4.55. The van der Waals surface area contributed by atoms with Gasteiger partial charge in [0.25, 0.3) is 0 Å². The van der Waals surface area contributed by atoms with Crippen LogP contribution in [0.5, 0.6) is 0 Å². The Morgan fingerprint density at radius 2 is 1.93 bits per heavy atom. The molecule has 0 spiro atoms. The molecule has 0 atom stereocenters. The van der Waals surface area contributed by atoms with Gasteiger partial charge in [-0.05, 0) is 36.6 Å². The first-order chi connectivity index (χ1) is 13.3. The normalized spacial score (nSPS) is 18.4. The van der Waals surface area contributed by atoms with Crippen LogP contribution in [-0.4, -0.2) is 47.1 Å². The molecule has 2 aromatic rings. The summed E-state index contributed by atoms with van der Waals surface area (Å²) in [6.45, 7) is 5.00. The fraction of sp³-hybridized carbons (Fsp3) is 0.476. The maximum atomic E-state index is 9.01. The number of hydrogen-bond donors (Lipinski definition) is 1. The largest absolute Gasteiger partial charge is 0.356 e. The van der Waals surface area contributed by atoms with Gasteiger partial charge in [-0.1, -0.05) is 25.0 Å². The number of nitrogens with zero attached hydrogens (tertiary/aromatic N) is 5. The van der Waals surface area contributed by atoms with Gasteiger partial charge in [-0.15, -0.1) is 0 Å². The molecule has 2 fully saturated rings. The Labute approximate surface area is 160 Å². The van der Waals surface area contributed by atoms with Gasteiger partial charge in [0.2, 0.25) is 5.95 Å². The van der Waals surface area contributed by atoms with Crippen LogP contribution in [0.15, 0.2) is 36.5 Å². The van der Waals surface area contributed by atoms with Crippen LogP contribution in [0.2, 0.25) is 0 Å². The molecule has 0 unspecified atom stereocenters. The topological polar surface area (TPSA) is 68.1 Å². The highest BCUT2D eigenvalue weighted by Crippen LogP contribution is 2.20. The van der Waals surface area contributed by atoms with Crippen molar-refractivity contribution in [3.8, 4) is 6.07 Å². The lowest BCUT2D eigenvalue weighted by atomic mass is 10.1. The molecule has 0 radical (unpaired) electrons. The maximum Gasteiger partial charge on any atom is 0.224 e. The smallest absolute Gasteiger partial charge is 0.224 e. The molecule has 0 bridgehead atoms. The van der Waals surface area contributed by atoms with E-state index in [0.717, 1.165) is 50.1 Å². The lowest BCUT2D eigenvalue weighted by molar-refractivity contribution is 0.152. The van der Waals surface area contributed by atoms with Crippen LogP contribution in [0.4, 0.5) is 11.8 Å². The molecule has 6 nitrogen and oxygen atoms in total. The second-order valence-corrected chi connectivity index (χ2v) is 7.49. The number of anilines is 2. The zero-order valence-corrected chi connectivity index (χ0v) is 15.6. The summed E-state index contributed by atoms with van der Waals surface area (Å²) < 4.78 is 0. The van der Waals surface area contributed by atoms with Gasteiger partial charge in [-0.25, -0.2) is 4.98 Å². The Bertz CT molecular complexity index is 800. The van der Waals surface area contributed by atoms with Crippen molar-refractivity contribution in [1.29, 1.82) is 5.26 Å². The van der Waals surface area contributed by atoms with Crippen LogP contribution in [0.1, 0.15) is 36.8 Å². The van der Waals surface area contributed by atoms with E-state index in [9.17, 15) is 0 Å². The molecule has 27 heavy (non-hydrogen) atoms. The van der Waals surface area contributed by atoms with Gasteiger partial charge in [0.1, 0.15) is 5.82 Å². The number of likely N-dealkylation sites (tertiary alicyclic amines) is 1. The maximum absolute atomic E-state index is 9.01. The predicted molar refractivity (Wildman–Crippen MR) is 107 cm³/mol. The highest BCUT2D eigenvalue weighted by Gasteiger charge is 2.27. The Hall–Kier alpha value is -2.65. The van der Waals surface area contributed by atoms with Crippen molar-refractivity contribution in [2.75, 3.05) is 36.4 Å². The van der Waals surface area contributed by atoms with Crippen LogP contribution < -0.4 is 10.2 Å². The summed E-state index contributed by atoms with van der Waals surface area (Å²) >= 11 is 0. The molecular weight excluding hydrogens is 336 g/mol. The van der Waals surface area contributed by atoms with Crippen molar-refractivity contribution >= 4 is 11.8 Å². The first-order valence-corrected chi connectivity index (χ1v) is 9.86. The minimum Gasteiger partial charge on any atom is -0.356 e. The van der Waals surface area contributed by atoms with Crippen molar-refractivity contribution in [3.05, 3.63) is 47.7 Å². The summed E-state index contributed by atoms with van der Waals surface area (Å²) in [5.74, 6) is 1.77. The van der Waals surface area contributed by atoms with E-state index in [0.29, 0.717) is 6.04 Å². The van der Waals surface area contributed by atoms with Gasteiger partial charge in [0, 0.05) is 38.9 Å². The Morgan fingerprint density at radius 3 is 2.70 bits per heavy atom. The van der Waals surface area contributed by atoms with Gasteiger partial charge in [-0.3, -0.25) is 4.90 Å². The zero-order chi connectivity index (χ0) is 18.5. The van der Waals surface area contributed by atoms with E-state index < -0.39 is 0 Å². The molecule has 1 aromatic heterocycles. The molecule has 2 aliphatic rings. The summed E-state index contributed by atoms with van der Waals surface area (Å²) in [4.78, 5) is 13.9. The summed E-state index contributed by atoms with van der Waals surface area (Å²) in [6, 6.07) is 12.4. The molecule has 4 rings (SSSR count). The molecule has 2 aliphatic heterocycles. The lowest BCUT2D eigenvalue weighted by Crippen LogP contribution is -2.54. The summed E-state index contributed by atoms with van der Waals surface area (Å²) in [5, 5.41) is 12.5. The first kappa shape index (κ1) is 17.7. The van der Waals surface area contributed by atoms with Crippen molar-refractivity contribution in [3.63, 3.8) is 0 Å². The second kappa shape index (κ2) is 8.36. The van der Waals surface area contributed by atoms with Crippen molar-refractivity contribution in [2.45, 2.75) is 38.3 Å². The monoisotopic (exact) mass is 362 g/mol. The second-order valence-electron chi connectivity index (χ2n) is 7.49. The van der Waals surface area contributed by atoms with Crippen LogP contribution in [0.3, 0.4) is 0 Å². The summed E-state index contributed by atoms with van der Waals surface area (Å²) in [7, 11) is 0. The van der Waals surface area contributed by atoms with Crippen molar-refractivity contribution in [2.24, 2.45) is 0 Å². The molecule has 6 heteroatoms. The van der Waals surface area contributed by atoms with Gasteiger partial charge in [-0.2, -0.15) is 10.2 Å². The minimum absolute atomic E-state index is 0.378. The molecule has 1 aromatic carbocycles. The van der Waals surface area contributed by atoms with E-state index in [-0.39, 0.29) is 0 Å². The van der Waals surface area contributed by atoms with Crippen LogP contribution in [-0.2, 0) is 6.54 Å². The van der Waals surface area contributed by atoms with E-state index in [1.54, 1.807) is 0 Å². The standard InChI is InChI=1S/C21H26N6/c22-13-17-6-5-7-18(12-17)14-26-15-19(16-26)24-21-23-9-8-20(25-21)27-10-3-1-2-4-11-27/h5-9,12,19H,1-4,10-11,14-16H2,(H,23,24,25). The van der Waals surface area contributed by atoms with E-state index in [4.69, 9.17) is 10.2 Å². The Balaban J connectivity index is 1.29. The first-order valence-electron chi connectivity index (χ1n) is 9.86. The number of nitriles is 1. The molecular formula is C21H26N6. The molecule has 140 valence electrons. The summed E-state index contributed by atoms with van der Waals surface area (Å²) in [6.07, 6.45) is 7.00. The van der Waals surface area contributed by atoms with Gasteiger partial charge >= 0.3 is 0 Å². The molecule has 3 heterocycles. The molecule has 1 N–H and O–H groups in total. The lowest BCUT2D eigenvalue weighted by Gasteiger charge is -2.39. The van der Waals surface area contributed by atoms with Gasteiger partial charge in [0.15, 0.2) is 0 Å². The quantitative estimate of drug-likeness (QED) is 0.882. The number of benzene rings is 1. The van der Waals surface area contributed by atoms with Crippen molar-refractivity contribution < 1.29 is 0 Å². The average Bonchev–Trinajstić information content (AvgIpc) is 2.96. The minimum atomic E-state index is 0.378. The van der Waals surface area contributed by atoms with E-state index in [2.05, 4.69) is 32.2 Å². The molecule has 0 aliphatic carbocycles. The SMILES string of the molecule is N#Cc1cccc(CN2CC(Nc3nccc(N4CCCCCC4)n3)C2)c1. The fourth-order valence-electron chi connectivity index (χ4n) is 3.86. The van der Waals surface area contributed by atoms with Crippen LogP contribution >= 0.6 is 0 Å². The van der Waals surface area contributed by atoms with Crippen molar-refractivity contribution in [1.82, 2.24) is 14.9 Å². The Morgan fingerprint density at radius 1 is 1.11 bits per heavy atom. The number of nitrogens with one attached hydrogen (secondary N) is 1. The molecule has 2 saturated heterocycles. The molecule has 0 amide bonds. The number of hydrogen-bond acceptors (Lipinski definition) is 6. The number of aromatic nitrogens is 2. The third-order valence-corrected chi connectivity index (χ3v) is 5.32. The van der Waals surface area contributed by atoms with E-state index in [1.165, 1.54) is 31.2 Å². The zero-order valence-electron chi connectivity index (χ0n) is 15.6. The molecule has 0 saturated carbocycles. The average molecular weight is 362 g/mol. The van der Waals surface area contributed by atoms with Gasteiger partial charge in [0.05, 0.1) is 17.7 Å². The number of rotatable bonds is 5. The highest BCUT2D eigenvalue weighted by molar-refractivity contribution is 5.43. The van der Waals surface area contributed by atoms with Gasteiger partial charge < -0.3 is 10.2 Å². The van der Waals surface area contributed by atoms with Crippen LogP contribution in [0.25, 0.3) is 0 Å². The van der Waals surface area contributed by atoms with Crippen LogP contribution in [0, 0.1) is 11.3 Å². The summed E-state index contributed by atoms with van der Waals surface area (Å²) in [5.41, 5.74) is 1.91. The predicted octanol–water partition coefficient (Wildman–Crippen LogP) is 3.02. The fourth-order valence-corrected chi connectivity index (χ4v) is 3.86. The highest BCUT2D eigenvalue weighted by atomic mass is 15.3. The van der Waals surface area contributed by atoms with E-state index in [1.807, 2.05) is 30.5 Å². The third-order valence-electron chi connectivity index (χ3n) is 5.32. The Kier molecular flexibility index (Phi) is 5.50.